The van der Waals surface area contributed by atoms with Crippen LogP contribution in [0, 0.1) is 19.1 Å². The maximum atomic E-state index is 6.47. The minimum Gasteiger partial charge on any atom is -0.518 e. The van der Waals surface area contributed by atoms with Crippen LogP contribution >= 0.6 is 0 Å². The zero-order chi connectivity index (χ0) is 29.1. The molecule has 2 aromatic heterocycles. The average Bonchev–Trinajstić information content (AvgIpc) is 3.44. The number of aromatic nitrogens is 2. The standard InChI is InChI=1S/C36H37N3O2.Pt/c1-22(2)24-16-25(34-38-36(7,8)21-40-34)18-29(17-24)41-28-15-23(3)14-27(20-28)39-32-12-11-26(35(4,5)6)19-31(32)30-10-9-13-37-33(30)39;/h9-17,19,22H,21H2,1-8H3;/q-2;+2. The number of pyridine rings is 1. The molecule has 1 aliphatic heterocycles. The van der Waals surface area contributed by atoms with Gasteiger partial charge in [-0.25, -0.2) is 4.98 Å². The van der Waals surface area contributed by atoms with Gasteiger partial charge < -0.3 is 14.0 Å². The largest absolute Gasteiger partial charge is 2.00 e. The summed E-state index contributed by atoms with van der Waals surface area (Å²) in [5.74, 6) is 2.15. The first kappa shape index (κ1) is 30.0. The van der Waals surface area contributed by atoms with E-state index in [1.165, 1.54) is 10.9 Å². The van der Waals surface area contributed by atoms with Gasteiger partial charge in [-0.15, -0.1) is 29.8 Å². The van der Waals surface area contributed by atoms with Crippen molar-refractivity contribution >= 4 is 27.8 Å². The van der Waals surface area contributed by atoms with Gasteiger partial charge in [0.15, 0.2) is 0 Å². The Kier molecular flexibility index (Phi) is 7.87. The quantitative estimate of drug-likeness (QED) is 0.170. The number of benzene rings is 3. The Morgan fingerprint density at radius 1 is 0.976 bits per heavy atom. The van der Waals surface area contributed by atoms with Crippen LogP contribution in [0.2, 0.25) is 0 Å². The molecule has 3 aromatic carbocycles. The third kappa shape index (κ3) is 5.77. The Morgan fingerprint density at radius 2 is 1.74 bits per heavy atom. The van der Waals surface area contributed by atoms with Crippen molar-refractivity contribution < 1.29 is 30.5 Å². The molecule has 0 N–H and O–H groups in total. The maximum absolute atomic E-state index is 6.47. The minimum atomic E-state index is -0.249. The molecule has 0 aliphatic carbocycles. The predicted octanol–water partition coefficient (Wildman–Crippen LogP) is 8.85. The summed E-state index contributed by atoms with van der Waals surface area (Å²) in [7, 11) is 0. The summed E-state index contributed by atoms with van der Waals surface area (Å²) in [6.07, 6.45) is 1.85. The molecule has 0 radical (unpaired) electrons. The van der Waals surface area contributed by atoms with Crippen molar-refractivity contribution in [2.75, 3.05) is 6.61 Å². The second kappa shape index (κ2) is 11.0. The van der Waals surface area contributed by atoms with Gasteiger partial charge in [0.1, 0.15) is 18.2 Å². The van der Waals surface area contributed by atoms with Crippen LogP contribution in [0.4, 0.5) is 0 Å². The summed E-state index contributed by atoms with van der Waals surface area (Å²) in [6.45, 7) is 17.8. The van der Waals surface area contributed by atoms with Crippen LogP contribution in [0.5, 0.6) is 11.5 Å². The fourth-order valence-electron chi connectivity index (χ4n) is 5.30. The number of rotatable bonds is 5. The van der Waals surface area contributed by atoms with Crippen molar-refractivity contribution in [1.82, 2.24) is 9.55 Å². The number of fused-ring (bicyclic) bond motifs is 3. The maximum Gasteiger partial charge on any atom is 2.00 e. The van der Waals surface area contributed by atoms with E-state index in [1.54, 1.807) is 0 Å². The van der Waals surface area contributed by atoms with E-state index >= 15 is 0 Å². The zero-order valence-electron chi connectivity index (χ0n) is 25.5. The van der Waals surface area contributed by atoms with Crippen molar-refractivity contribution in [2.45, 2.75) is 72.3 Å². The first-order chi connectivity index (χ1) is 19.4. The van der Waals surface area contributed by atoms with E-state index in [4.69, 9.17) is 19.5 Å². The van der Waals surface area contributed by atoms with E-state index in [9.17, 15) is 0 Å². The molecule has 0 amide bonds. The zero-order valence-corrected chi connectivity index (χ0v) is 27.8. The molecule has 5 nitrogen and oxygen atoms in total. The van der Waals surface area contributed by atoms with Gasteiger partial charge in [-0.1, -0.05) is 71.0 Å². The van der Waals surface area contributed by atoms with Gasteiger partial charge in [0.05, 0.1) is 11.1 Å². The topological polar surface area (TPSA) is 48.6 Å². The number of nitrogens with zero attached hydrogens (tertiary/aromatic N) is 3. The summed E-state index contributed by atoms with van der Waals surface area (Å²) in [5, 5.41) is 2.30. The SMILES string of the molecule is Cc1cc(Oc2[c-]c(C3=NC(C)(C)CO3)cc(C(C)C)c2)[c-]c(-n2c3ccc(C(C)(C)C)cc3c3cccnc32)c1.[Pt+2]. The number of aryl methyl sites for hydroxylation is 1. The molecule has 218 valence electrons. The first-order valence-electron chi connectivity index (χ1n) is 14.3. The summed E-state index contributed by atoms with van der Waals surface area (Å²) in [6, 6.07) is 26.1. The van der Waals surface area contributed by atoms with Gasteiger partial charge in [0.25, 0.3) is 0 Å². The summed E-state index contributed by atoms with van der Waals surface area (Å²) >= 11 is 0. The van der Waals surface area contributed by atoms with E-state index in [0.29, 0.717) is 29.9 Å². The monoisotopic (exact) mass is 738 g/mol. The molecule has 5 aromatic rings. The van der Waals surface area contributed by atoms with Crippen molar-refractivity contribution in [3.63, 3.8) is 0 Å². The molecule has 0 bridgehead atoms. The number of ether oxygens (including phenoxy) is 2. The summed E-state index contributed by atoms with van der Waals surface area (Å²) in [5.41, 5.74) is 6.98. The molecule has 3 heterocycles. The summed E-state index contributed by atoms with van der Waals surface area (Å²) < 4.78 is 14.6. The van der Waals surface area contributed by atoms with Crippen molar-refractivity contribution in [3.8, 4) is 17.2 Å². The average molecular weight is 739 g/mol. The Labute approximate surface area is 263 Å². The smallest absolute Gasteiger partial charge is 0.518 e. The predicted molar refractivity (Wildman–Crippen MR) is 167 cm³/mol. The Morgan fingerprint density at radius 3 is 2.43 bits per heavy atom. The Balaban J connectivity index is 0.00000353. The van der Waals surface area contributed by atoms with Gasteiger partial charge in [-0.05, 0) is 55.0 Å². The molecule has 1 aliphatic rings. The molecule has 0 saturated carbocycles. The van der Waals surface area contributed by atoms with Gasteiger partial charge in [-0.2, -0.15) is 5.56 Å². The van der Waals surface area contributed by atoms with Crippen LogP contribution in [-0.4, -0.2) is 27.6 Å². The van der Waals surface area contributed by atoms with Crippen LogP contribution in [0.15, 0.2) is 65.8 Å². The van der Waals surface area contributed by atoms with E-state index in [0.717, 1.165) is 38.9 Å². The molecular weight excluding hydrogens is 701 g/mol. The third-order valence-corrected chi connectivity index (χ3v) is 7.56. The third-order valence-electron chi connectivity index (χ3n) is 7.56. The van der Waals surface area contributed by atoms with Crippen LogP contribution in [0.3, 0.4) is 0 Å². The van der Waals surface area contributed by atoms with Crippen molar-refractivity contribution in [3.05, 3.63) is 95.2 Å². The van der Waals surface area contributed by atoms with Gasteiger partial charge in [0, 0.05) is 28.5 Å². The van der Waals surface area contributed by atoms with E-state index in [1.807, 2.05) is 24.4 Å². The fraction of sp³-hybridized carbons (Fsp3) is 0.333. The Hall–Kier alpha value is -3.43. The molecule has 0 saturated heterocycles. The van der Waals surface area contributed by atoms with Gasteiger partial charge in [-0.3, -0.25) is 4.99 Å². The van der Waals surface area contributed by atoms with Gasteiger partial charge >= 0.3 is 21.1 Å². The molecule has 0 unspecified atom stereocenters. The molecule has 6 heteroatoms. The summed E-state index contributed by atoms with van der Waals surface area (Å²) in [4.78, 5) is 9.57. The number of aliphatic imine (C=N–C) groups is 1. The fourth-order valence-corrected chi connectivity index (χ4v) is 5.30. The van der Waals surface area contributed by atoms with Crippen LogP contribution < -0.4 is 4.74 Å². The van der Waals surface area contributed by atoms with Crippen LogP contribution in [-0.2, 0) is 31.2 Å². The van der Waals surface area contributed by atoms with Crippen molar-refractivity contribution in [2.24, 2.45) is 4.99 Å². The van der Waals surface area contributed by atoms with Crippen LogP contribution in [0.1, 0.15) is 76.6 Å². The number of hydrogen-bond donors (Lipinski definition) is 0. The van der Waals surface area contributed by atoms with Crippen molar-refractivity contribution in [1.29, 1.82) is 0 Å². The molecular formula is C36H37N3O2Pt. The Bertz CT molecular complexity index is 1830. The van der Waals surface area contributed by atoms with E-state index in [2.05, 4.69) is 108 Å². The van der Waals surface area contributed by atoms with Crippen LogP contribution in [0.25, 0.3) is 27.6 Å². The molecule has 0 fully saturated rings. The number of hydrogen-bond acceptors (Lipinski definition) is 4. The molecule has 42 heavy (non-hydrogen) atoms. The van der Waals surface area contributed by atoms with Gasteiger partial charge in [0.2, 0.25) is 0 Å². The second-order valence-corrected chi connectivity index (χ2v) is 13.1. The molecule has 6 rings (SSSR count). The first-order valence-corrected chi connectivity index (χ1v) is 14.3. The molecule has 0 spiro atoms. The second-order valence-electron chi connectivity index (χ2n) is 13.1. The molecule has 0 atom stereocenters. The normalized spacial score (nSPS) is 14.6. The minimum absolute atomic E-state index is 0. The van der Waals surface area contributed by atoms with E-state index < -0.39 is 0 Å². The van der Waals surface area contributed by atoms with E-state index in [-0.39, 0.29) is 32.0 Å².